The molecule has 0 saturated carbocycles. The molecule has 0 radical (unpaired) electrons. The third-order valence-corrected chi connectivity index (χ3v) is 5.40. The number of fused-ring (bicyclic) bond motifs is 1. The number of nitrogens with zero attached hydrogens (tertiary/aromatic N) is 3. The zero-order valence-corrected chi connectivity index (χ0v) is 13.0. The number of para-hydroxylation sites is 1. The lowest BCUT2D eigenvalue weighted by atomic mass is 10.3. The van der Waals surface area contributed by atoms with Crippen molar-refractivity contribution in [2.45, 2.75) is 17.9 Å². The first-order valence-corrected chi connectivity index (χ1v) is 8.47. The molecule has 118 valence electrons. The second-order valence-corrected chi connectivity index (χ2v) is 7.14. The molecule has 1 aromatic carbocycles. The molecule has 2 aliphatic rings. The molecule has 2 aliphatic heterocycles. The Kier molecular flexibility index (Phi) is 3.88. The number of aliphatic imine (C=N–C) groups is 1. The standard InChI is InChI=1S/C14H17N3O4S/c1-11-8-16(6-7-21-11)14(18)9-17-10-15-12-4-2-3-5-13(12)22(17,19)20/h2-5,10-11H,6-9H2,1H3/t11-/m0/s1. The summed E-state index contributed by atoms with van der Waals surface area (Å²) < 4.78 is 31.4. The maximum Gasteiger partial charge on any atom is 0.267 e. The van der Waals surface area contributed by atoms with Crippen LogP contribution in [0.25, 0.3) is 0 Å². The van der Waals surface area contributed by atoms with Gasteiger partial charge in [0.15, 0.2) is 0 Å². The van der Waals surface area contributed by atoms with Crippen LogP contribution in [0.15, 0.2) is 34.2 Å². The minimum atomic E-state index is -3.72. The number of benzene rings is 1. The lowest BCUT2D eigenvalue weighted by Crippen LogP contribution is -2.49. The fourth-order valence-corrected chi connectivity index (χ4v) is 3.84. The minimum Gasteiger partial charge on any atom is -0.375 e. The molecule has 1 amide bonds. The Labute approximate surface area is 129 Å². The van der Waals surface area contributed by atoms with Gasteiger partial charge in [-0.05, 0) is 19.1 Å². The number of hydrogen-bond acceptors (Lipinski definition) is 5. The van der Waals surface area contributed by atoms with Crippen LogP contribution in [0.4, 0.5) is 5.69 Å². The van der Waals surface area contributed by atoms with Gasteiger partial charge in [-0.2, -0.15) is 0 Å². The van der Waals surface area contributed by atoms with Crippen molar-refractivity contribution < 1.29 is 17.9 Å². The van der Waals surface area contributed by atoms with E-state index in [0.29, 0.717) is 25.4 Å². The van der Waals surface area contributed by atoms with E-state index in [2.05, 4.69) is 4.99 Å². The highest BCUT2D eigenvalue weighted by Gasteiger charge is 2.31. The van der Waals surface area contributed by atoms with E-state index in [-0.39, 0.29) is 23.5 Å². The van der Waals surface area contributed by atoms with E-state index in [1.807, 2.05) is 6.92 Å². The Morgan fingerprint density at radius 1 is 1.41 bits per heavy atom. The Balaban J connectivity index is 1.78. The maximum absolute atomic E-state index is 12.5. The number of rotatable bonds is 2. The fourth-order valence-electron chi connectivity index (χ4n) is 2.50. The van der Waals surface area contributed by atoms with E-state index >= 15 is 0 Å². The van der Waals surface area contributed by atoms with Gasteiger partial charge >= 0.3 is 0 Å². The molecule has 0 spiro atoms. The lowest BCUT2D eigenvalue weighted by molar-refractivity contribution is -0.137. The Bertz CT molecular complexity index is 717. The first-order valence-electron chi connectivity index (χ1n) is 7.03. The summed E-state index contributed by atoms with van der Waals surface area (Å²) >= 11 is 0. The maximum atomic E-state index is 12.5. The van der Waals surface area contributed by atoms with Crippen molar-refractivity contribution in [1.82, 2.24) is 9.21 Å². The van der Waals surface area contributed by atoms with Gasteiger partial charge in [-0.15, -0.1) is 0 Å². The Morgan fingerprint density at radius 3 is 2.95 bits per heavy atom. The van der Waals surface area contributed by atoms with E-state index < -0.39 is 10.0 Å². The van der Waals surface area contributed by atoms with Gasteiger partial charge in [0.1, 0.15) is 17.8 Å². The van der Waals surface area contributed by atoms with Crippen LogP contribution >= 0.6 is 0 Å². The number of hydrogen-bond donors (Lipinski definition) is 0. The van der Waals surface area contributed by atoms with Crippen LogP contribution in [0.1, 0.15) is 6.92 Å². The predicted molar refractivity (Wildman–Crippen MR) is 80.5 cm³/mol. The molecule has 1 saturated heterocycles. The number of carbonyl (C=O) groups is 1. The fraction of sp³-hybridized carbons (Fsp3) is 0.429. The number of carbonyl (C=O) groups excluding carboxylic acids is 1. The van der Waals surface area contributed by atoms with Crippen LogP contribution in [0, 0.1) is 0 Å². The van der Waals surface area contributed by atoms with Gasteiger partial charge in [0.25, 0.3) is 10.0 Å². The van der Waals surface area contributed by atoms with Gasteiger partial charge in [0, 0.05) is 13.1 Å². The molecule has 0 N–H and O–H groups in total. The number of morpholine rings is 1. The average Bonchev–Trinajstić information content (AvgIpc) is 2.50. The zero-order valence-electron chi connectivity index (χ0n) is 12.2. The lowest BCUT2D eigenvalue weighted by Gasteiger charge is -2.33. The molecule has 0 unspecified atom stereocenters. The van der Waals surface area contributed by atoms with E-state index in [9.17, 15) is 13.2 Å². The highest BCUT2D eigenvalue weighted by molar-refractivity contribution is 7.89. The van der Waals surface area contributed by atoms with Gasteiger partial charge in [-0.25, -0.2) is 17.7 Å². The number of sulfonamides is 1. The summed E-state index contributed by atoms with van der Waals surface area (Å²) in [5, 5.41) is 0. The molecule has 1 fully saturated rings. The highest BCUT2D eigenvalue weighted by atomic mass is 32.2. The van der Waals surface area contributed by atoms with Crippen LogP contribution in [0.2, 0.25) is 0 Å². The molecule has 2 heterocycles. The Hall–Kier alpha value is -1.93. The summed E-state index contributed by atoms with van der Waals surface area (Å²) in [5.74, 6) is -0.246. The van der Waals surface area contributed by atoms with Gasteiger partial charge in [-0.3, -0.25) is 4.79 Å². The van der Waals surface area contributed by atoms with Crippen molar-refractivity contribution in [3.8, 4) is 0 Å². The molecular formula is C14H17N3O4S. The molecule has 22 heavy (non-hydrogen) atoms. The largest absolute Gasteiger partial charge is 0.375 e. The van der Waals surface area contributed by atoms with Gasteiger partial charge in [-0.1, -0.05) is 12.1 Å². The van der Waals surface area contributed by atoms with E-state index in [1.54, 1.807) is 23.1 Å². The van der Waals surface area contributed by atoms with Gasteiger partial charge in [0.2, 0.25) is 5.91 Å². The van der Waals surface area contributed by atoms with Crippen molar-refractivity contribution in [2.24, 2.45) is 4.99 Å². The van der Waals surface area contributed by atoms with Crippen LogP contribution in [0.3, 0.4) is 0 Å². The number of ether oxygens (including phenoxy) is 1. The highest BCUT2D eigenvalue weighted by Crippen LogP contribution is 2.29. The monoisotopic (exact) mass is 323 g/mol. The summed E-state index contributed by atoms with van der Waals surface area (Å²) in [6.07, 6.45) is 1.17. The SMILES string of the molecule is C[C@H]1CN(C(=O)CN2C=Nc3ccccc3S2(=O)=O)CCO1. The van der Waals surface area contributed by atoms with E-state index in [1.165, 1.54) is 12.4 Å². The zero-order chi connectivity index (χ0) is 15.7. The molecule has 1 aromatic rings. The third-order valence-electron chi connectivity index (χ3n) is 3.66. The Morgan fingerprint density at radius 2 is 2.18 bits per heavy atom. The van der Waals surface area contributed by atoms with Crippen LogP contribution in [-0.4, -0.2) is 62.2 Å². The van der Waals surface area contributed by atoms with Crippen molar-refractivity contribution >= 4 is 28.0 Å². The van der Waals surface area contributed by atoms with Crippen molar-refractivity contribution in [1.29, 1.82) is 0 Å². The summed E-state index contributed by atoms with van der Waals surface area (Å²) in [6, 6.07) is 6.49. The first-order chi connectivity index (χ1) is 10.5. The van der Waals surface area contributed by atoms with Gasteiger partial charge in [0.05, 0.1) is 18.4 Å². The van der Waals surface area contributed by atoms with Crippen molar-refractivity contribution in [2.75, 3.05) is 26.2 Å². The average molecular weight is 323 g/mol. The molecule has 0 aliphatic carbocycles. The van der Waals surface area contributed by atoms with Crippen LogP contribution < -0.4 is 0 Å². The summed E-state index contributed by atoms with van der Waals surface area (Å²) in [4.78, 5) is 18.2. The molecule has 3 rings (SSSR count). The summed E-state index contributed by atoms with van der Waals surface area (Å²) in [6.45, 7) is 3.06. The quantitative estimate of drug-likeness (QED) is 0.798. The molecule has 0 aromatic heterocycles. The summed E-state index contributed by atoms with van der Waals surface area (Å²) in [5.41, 5.74) is 0.395. The first kappa shape index (κ1) is 15.0. The third kappa shape index (κ3) is 2.71. The molecule has 8 heteroatoms. The van der Waals surface area contributed by atoms with E-state index in [4.69, 9.17) is 4.74 Å². The van der Waals surface area contributed by atoms with Gasteiger partial charge < -0.3 is 9.64 Å². The second kappa shape index (κ2) is 5.69. The molecule has 1 atom stereocenters. The summed E-state index contributed by atoms with van der Waals surface area (Å²) in [7, 11) is -3.72. The predicted octanol–water partition coefficient (Wildman–Crippen LogP) is 0.598. The van der Waals surface area contributed by atoms with Crippen LogP contribution in [-0.2, 0) is 19.6 Å². The molecular weight excluding hydrogens is 306 g/mol. The topological polar surface area (TPSA) is 79.3 Å². The van der Waals surface area contributed by atoms with Crippen molar-refractivity contribution in [3.63, 3.8) is 0 Å². The van der Waals surface area contributed by atoms with Crippen LogP contribution in [0.5, 0.6) is 0 Å². The minimum absolute atomic E-state index is 0.0370. The van der Waals surface area contributed by atoms with Crippen molar-refractivity contribution in [3.05, 3.63) is 24.3 Å². The second-order valence-electron chi connectivity index (χ2n) is 5.28. The normalized spacial score (nSPS) is 23.2. The molecule has 0 bridgehead atoms. The number of amides is 1. The van der Waals surface area contributed by atoms with E-state index in [0.717, 1.165) is 4.31 Å². The smallest absolute Gasteiger partial charge is 0.267 e. The molecule has 7 nitrogen and oxygen atoms in total.